The van der Waals surface area contributed by atoms with Gasteiger partial charge in [0, 0.05) is 17.2 Å². The fourth-order valence-corrected chi connectivity index (χ4v) is 2.36. The molecule has 0 saturated carbocycles. The van der Waals surface area contributed by atoms with Crippen molar-refractivity contribution in [1.82, 2.24) is 19.9 Å². The number of furan rings is 1. The molecule has 0 fully saturated rings. The molecule has 0 saturated heterocycles. The molecule has 3 N–H and O–H groups in total. The summed E-state index contributed by atoms with van der Waals surface area (Å²) in [5.74, 6) is 0.482. The number of H-pyrrole nitrogens is 3. The summed E-state index contributed by atoms with van der Waals surface area (Å²) in [5, 5.41) is 0.277. The molecule has 3 rings (SSSR count). The van der Waals surface area contributed by atoms with Crippen molar-refractivity contribution in [2.75, 3.05) is 0 Å². The number of imidazole rings is 1. The Bertz CT molecular complexity index is 1080. The maximum absolute atomic E-state index is 12.3. The molecule has 3 aromatic heterocycles. The van der Waals surface area contributed by atoms with Gasteiger partial charge in [-0.05, 0) is 18.2 Å². The third-order valence-corrected chi connectivity index (χ3v) is 3.52. The van der Waals surface area contributed by atoms with Gasteiger partial charge in [-0.3, -0.25) is 9.59 Å². The highest BCUT2D eigenvalue weighted by molar-refractivity contribution is 5.48. The Balaban J connectivity index is 2.15. The van der Waals surface area contributed by atoms with Gasteiger partial charge in [-0.25, -0.2) is 4.98 Å². The van der Waals surface area contributed by atoms with Gasteiger partial charge in [0.25, 0.3) is 11.1 Å². The summed E-state index contributed by atoms with van der Waals surface area (Å²) in [6, 6.07) is 3.39. The Kier molecular flexibility index (Phi) is 3.84. The molecule has 0 unspecified atom stereocenters. The van der Waals surface area contributed by atoms with Crippen LogP contribution < -0.4 is 21.8 Å². The molecule has 0 radical (unpaired) electrons. The summed E-state index contributed by atoms with van der Waals surface area (Å²) in [6.45, 7) is 6.10. The van der Waals surface area contributed by atoms with Crippen LogP contribution in [0.4, 0.5) is 0 Å². The number of rotatable bonds is 2. The topological polar surface area (TPSA) is 108 Å². The first-order valence-electron chi connectivity index (χ1n) is 7.48. The van der Waals surface area contributed by atoms with Crippen molar-refractivity contribution in [3.63, 3.8) is 0 Å². The third kappa shape index (κ3) is 3.15. The largest absolute Gasteiger partial charge is 0.465 e. The number of aromatic amines is 3. The van der Waals surface area contributed by atoms with E-state index in [9.17, 15) is 9.59 Å². The molecule has 0 aliphatic rings. The lowest BCUT2D eigenvalue weighted by atomic mass is 9.90. The van der Waals surface area contributed by atoms with E-state index in [1.54, 1.807) is 24.5 Å². The van der Waals surface area contributed by atoms with Gasteiger partial charge in [-0.2, -0.15) is 0 Å². The van der Waals surface area contributed by atoms with E-state index in [0.717, 1.165) is 5.69 Å². The Hall–Kier alpha value is -3.09. The van der Waals surface area contributed by atoms with E-state index in [4.69, 9.17) is 4.42 Å². The molecule has 0 atom stereocenters. The first-order chi connectivity index (χ1) is 11.3. The van der Waals surface area contributed by atoms with Crippen LogP contribution in [-0.4, -0.2) is 19.9 Å². The molecule has 3 heterocycles. The van der Waals surface area contributed by atoms with E-state index in [1.807, 2.05) is 20.8 Å². The molecule has 7 nitrogen and oxygen atoms in total. The van der Waals surface area contributed by atoms with Gasteiger partial charge < -0.3 is 19.4 Å². The van der Waals surface area contributed by atoms with Crippen LogP contribution in [0.2, 0.25) is 0 Å². The van der Waals surface area contributed by atoms with Crippen LogP contribution in [-0.2, 0) is 5.41 Å². The molecule has 0 spiro atoms. The van der Waals surface area contributed by atoms with Crippen molar-refractivity contribution in [1.29, 1.82) is 0 Å². The average molecular weight is 326 g/mol. The van der Waals surface area contributed by atoms with Crippen LogP contribution >= 0.6 is 0 Å². The van der Waals surface area contributed by atoms with Crippen LogP contribution in [0, 0.1) is 0 Å². The zero-order valence-corrected chi connectivity index (χ0v) is 13.6. The number of nitrogens with zero attached hydrogens (tertiary/aromatic N) is 1. The molecule has 0 bridgehead atoms. The second-order valence-electron chi connectivity index (χ2n) is 6.45. The smallest absolute Gasteiger partial charge is 0.272 e. The summed E-state index contributed by atoms with van der Waals surface area (Å²) >= 11 is 0. The molecule has 0 aromatic carbocycles. The monoisotopic (exact) mass is 326 g/mol. The van der Waals surface area contributed by atoms with Crippen LogP contribution in [0.1, 0.15) is 37.9 Å². The minimum Gasteiger partial charge on any atom is -0.465 e. The van der Waals surface area contributed by atoms with Crippen molar-refractivity contribution < 1.29 is 4.42 Å². The fraction of sp³-hybridized carbons (Fsp3) is 0.235. The molecule has 24 heavy (non-hydrogen) atoms. The Labute approximate surface area is 136 Å². The Morgan fingerprint density at radius 2 is 1.75 bits per heavy atom. The normalized spacial score (nSPS) is 13.6. The van der Waals surface area contributed by atoms with Crippen LogP contribution in [0.15, 0.2) is 38.7 Å². The van der Waals surface area contributed by atoms with Crippen molar-refractivity contribution in [2.45, 2.75) is 26.2 Å². The second kappa shape index (κ2) is 5.84. The number of nitrogens with one attached hydrogen (secondary N) is 3. The van der Waals surface area contributed by atoms with Gasteiger partial charge in [0.05, 0.1) is 18.3 Å². The molecule has 7 heteroatoms. The lowest BCUT2D eigenvalue weighted by Crippen LogP contribution is -2.46. The third-order valence-electron chi connectivity index (χ3n) is 3.52. The Morgan fingerprint density at radius 1 is 1.08 bits per heavy atom. The van der Waals surface area contributed by atoms with Gasteiger partial charge in [-0.15, -0.1) is 0 Å². The van der Waals surface area contributed by atoms with Crippen molar-refractivity contribution >= 4 is 12.2 Å². The summed E-state index contributed by atoms with van der Waals surface area (Å²) < 4.78 is 5.15. The van der Waals surface area contributed by atoms with Gasteiger partial charge in [0.2, 0.25) is 0 Å². The maximum Gasteiger partial charge on any atom is 0.272 e. The van der Waals surface area contributed by atoms with E-state index in [0.29, 0.717) is 11.5 Å². The average Bonchev–Trinajstić information content (AvgIpc) is 3.14. The highest BCUT2D eigenvalue weighted by Gasteiger charge is 2.19. The fourth-order valence-electron chi connectivity index (χ4n) is 2.36. The minimum absolute atomic E-state index is 0.130. The first-order valence-corrected chi connectivity index (χ1v) is 7.48. The number of hydrogen-bond acceptors (Lipinski definition) is 4. The second-order valence-corrected chi connectivity index (χ2v) is 6.45. The summed E-state index contributed by atoms with van der Waals surface area (Å²) in [6.07, 6.45) is 6.09. The maximum atomic E-state index is 12.3. The molecular weight excluding hydrogens is 308 g/mol. The predicted octanol–water partition coefficient (Wildman–Crippen LogP) is 0.334. The van der Waals surface area contributed by atoms with Gasteiger partial charge in [0.15, 0.2) is 0 Å². The summed E-state index contributed by atoms with van der Waals surface area (Å²) in [4.78, 5) is 36.9. The van der Waals surface area contributed by atoms with Gasteiger partial charge in [-0.1, -0.05) is 20.8 Å². The van der Waals surface area contributed by atoms with E-state index in [2.05, 4.69) is 19.9 Å². The van der Waals surface area contributed by atoms with Crippen molar-refractivity contribution in [3.8, 4) is 0 Å². The minimum atomic E-state index is -0.412. The molecular formula is C17H18N4O3. The molecule has 0 amide bonds. The quantitative estimate of drug-likeness (QED) is 0.631. The van der Waals surface area contributed by atoms with Crippen molar-refractivity contribution in [2.24, 2.45) is 0 Å². The molecule has 3 aromatic rings. The number of aromatic nitrogens is 4. The summed E-state index contributed by atoms with van der Waals surface area (Å²) in [7, 11) is 0. The van der Waals surface area contributed by atoms with E-state index in [1.165, 1.54) is 12.3 Å². The van der Waals surface area contributed by atoms with Crippen LogP contribution in [0.25, 0.3) is 12.2 Å². The van der Waals surface area contributed by atoms with E-state index in [-0.39, 0.29) is 16.1 Å². The standard InChI is InChI=1S/C17H18N4O3/c1-17(2,3)14-11(18-9-19-14)8-13-16(23)20-12(15(22)21-13)7-10-5-4-6-24-10/h4-9H,1-3H3,(H,18,19)(H,20,23)(H,21,22)/b12-7+,13-8+. The lowest BCUT2D eigenvalue weighted by molar-refractivity contribution is 0.556. The van der Waals surface area contributed by atoms with Gasteiger partial charge >= 0.3 is 0 Å². The zero-order valence-electron chi connectivity index (χ0n) is 13.6. The van der Waals surface area contributed by atoms with Gasteiger partial charge in [0.1, 0.15) is 16.5 Å². The van der Waals surface area contributed by atoms with E-state index < -0.39 is 11.1 Å². The van der Waals surface area contributed by atoms with E-state index >= 15 is 0 Å². The van der Waals surface area contributed by atoms with Crippen LogP contribution in [0.5, 0.6) is 0 Å². The Morgan fingerprint density at radius 3 is 2.33 bits per heavy atom. The lowest BCUT2D eigenvalue weighted by Gasteiger charge is -2.16. The highest BCUT2D eigenvalue weighted by Crippen LogP contribution is 2.22. The SMILES string of the molecule is CC(C)(C)c1[nH]cnc1/C=c1/[nH]c(=O)/c(=C\c2ccco2)[nH]c1=O. The molecule has 0 aliphatic heterocycles. The summed E-state index contributed by atoms with van der Waals surface area (Å²) in [5.41, 5.74) is 0.517. The highest BCUT2D eigenvalue weighted by atomic mass is 16.3. The predicted molar refractivity (Wildman–Crippen MR) is 90.1 cm³/mol. The first kappa shape index (κ1) is 15.8. The van der Waals surface area contributed by atoms with Crippen LogP contribution in [0.3, 0.4) is 0 Å². The molecule has 124 valence electrons. The van der Waals surface area contributed by atoms with Crippen molar-refractivity contribution in [3.05, 3.63) is 73.3 Å². The zero-order chi connectivity index (χ0) is 17.3. The number of hydrogen-bond donors (Lipinski definition) is 3. The molecule has 0 aliphatic carbocycles.